The van der Waals surface area contributed by atoms with E-state index in [1.54, 1.807) is 12.1 Å². The molecule has 31 heavy (non-hydrogen) atoms. The Morgan fingerprint density at radius 1 is 1.06 bits per heavy atom. The van der Waals surface area contributed by atoms with E-state index < -0.39 is 0 Å². The number of aromatic nitrogens is 2. The van der Waals surface area contributed by atoms with Crippen LogP contribution in [-0.4, -0.2) is 39.9 Å². The minimum absolute atomic E-state index is 0.0316. The summed E-state index contributed by atoms with van der Waals surface area (Å²) in [5.41, 5.74) is 4.28. The highest BCUT2D eigenvalue weighted by Gasteiger charge is 2.28. The Labute approximate surface area is 181 Å². The van der Waals surface area contributed by atoms with E-state index in [9.17, 15) is 9.59 Å². The Balaban J connectivity index is 1.40. The van der Waals surface area contributed by atoms with Crippen molar-refractivity contribution in [2.24, 2.45) is 0 Å². The first-order valence-corrected chi connectivity index (χ1v) is 10.5. The van der Waals surface area contributed by atoms with Gasteiger partial charge in [-0.3, -0.25) is 9.59 Å². The molecule has 2 amide bonds. The number of hydrogen-bond acceptors (Lipinski definition) is 5. The van der Waals surface area contributed by atoms with Gasteiger partial charge >= 0.3 is 0 Å². The highest BCUT2D eigenvalue weighted by molar-refractivity contribution is 5.97. The zero-order valence-corrected chi connectivity index (χ0v) is 18.0. The van der Waals surface area contributed by atoms with Crippen LogP contribution in [0.2, 0.25) is 0 Å². The van der Waals surface area contributed by atoms with Crippen molar-refractivity contribution in [3.05, 3.63) is 65.0 Å². The van der Waals surface area contributed by atoms with E-state index in [4.69, 9.17) is 4.52 Å². The number of rotatable bonds is 4. The molecule has 1 aromatic heterocycles. The number of aryl methyl sites for hydroxylation is 2. The van der Waals surface area contributed by atoms with Crippen LogP contribution in [-0.2, 0) is 4.79 Å². The third-order valence-corrected chi connectivity index (χ3v) is 5.68. The molecule has 3 aromatic rings. The molecule has 0 aliphatic carbocycles. The molecule has 1 saturated heterocycles. The van der Waals surface area contributed by atoms with E-state index >= 15 is 0 Å². The Kier molecular flexibility index (Phi) is 5.84. The number of amides is 2. The van der Waals surface area contributed by atoms with Crippen molar-refractivity contribution >= 4 is 17.5 Å². The SMILES string of the molecule is CC(=O)Nc1cc(C(=O)N2CCC(c3nc(-c4ccc(C)cc4)no3)CC2)ccc1C. The lowest BCUT2D eigenvalue weighted by atomic mass is 9.96. The maximum Gasteiger partial charge on any atom is 0.253 e. The van der Waals surface area contributed by atoms with E-state index in [-0.39, 0.29) is 17.7 Å². The number of carbonyl (C=O) groups excluding carboxylic acids is 2. The van der Waals surface area contributed by atoms with Gasteiger partial charge in [0.1, 0.15) is 0 Å². The molecule has 0 unspecified atom stereocenters. The second kappa shape index (κ2) is 8.71. The van der Waals surface area contributed by atoms with Gasteiger partial charge in [-0.2, -0.15) is 4.98 Å². The zero-order valence-electron chi connectivity index (χ0n) is 18.0. The monoisotopic (exact) mass is 418 g/mol. The van der Waals surface area contributed by atoms with Gasteiger partial charge in [0.2, 0.25) is 17.6 Å². The number of likely N-dealkylation sites (tertiary alicyclic amines) is 1. The van der Waals surface area contributed by atoms with Crippen LogP contribution in [0.15, 0.2) is 47.0 Å². The molecule has 4 rings (SSSR count). The summed E-state index contributed by atoms with van der Waals surface area (Å²) in [7, 11) is 0. The van der Waals surface area contributed by atoms with Gasteiger partial charge in [0, 0.05) is 42.7 Å². The lowest BCUT2D eigenvalue weighted by Gasteiger charge is -2.30. The summed E-state index contributed by atoms with van der Waals surface area (Å²) in [5.74, 6) is 1.18. The first-order chi connectivity index (χ1) is 14.9. The summed E-state index contributed by atoms with van der Waals surface area (Å²) < 4.78 is 5.53. The van der Waals surface area contributed by atoms with Crippen molar-refractivity contribution in [3.8, 4) is 11.4 Å². The van der Waals surface area contributed by atoms with Crippen LogP contribution in [0.1, 0.15) is 53.1 Å². The predicted molar refractivity (Wildman–Crippen MR) is 118 cm³/mol. The van der Waals surface area contributed by atoms with Crippen LogP contribution >= 0.6 is 0 Å². The topological polar surface area (TPSA) is 88.3 Å². The Hall–Kier alpha value is -3.48. The van der Waals surface area contributed by atoms with Gasteiger partial charge < -0.3 is 14.7 Å². The Morgan fingerprint density at radius 3 is 2.45 bits per heavy atom. The lowest BCUT2D eigenvalue weighted by molar-refractivity contribution is -0.114. The first kappa shape index (κ1) is 20.8. The van der Waals surface area contributed by atoms with E-state index in [1.165, 1.54) is 12.5 Å². The Bertz CT molecular complexity index is 1100. The normalized spacial score (nSPS) is 14.5. The van der Waals surface area contributed by atoms with Crippen LogP contribution < -0.4 is 5.32 Å². The summed E-state index contributed by atoms with van der Waals surface area (Å²) in [6.07, 6.45) is 1.54. The maximum absolute atomic E-state index is 13.0. The molecule has 160 valence electrons. The van der Waals surface area contributed by atoms with Crippen molar-refractivity contribution in [1.82, 2.24) is 15.0 Å². The Morgan fingerprint density at radius 2 is 1.77 bits per heavy atom. The molecule has 0 radical (unpaired) electrons. The second-order valence-electron chi connectivity index (χ2n) is 8.10. The van der Waals surface area contributed by atoms with E-state index in [2.05, 4.69) is 15.5 Å². The highest BCUT2D eigenvalue weighted by atomic mass is 16.5. The molecule has 1 fully saturated rings. The summed E-state index contributed by atoms with van der Waals surface area (Å²) in [5, 5.41) is 6.91. The van der Waals surface area contributed by atoms with Crippen LogP contribution in [0.5, 0.6) is 0 Å². The molecule has 0 saturated carbocycles. The van der Waals surface area contributed by atoms with Gasteiger partial charge in [0.05, 0.1) is 0 Å². The van der Waals surface area contributed by atoms with Crippen molar-refractivity contribution in [3.63, 3.8) is 0 Å². The van der Waals surface area contributed by atoms with E-state index in [0.29, 0.717) is 36.1 Å². The molecule has 1 N–H and O–H groups in total. The summed E-state index contributed by atoms with van der Waals surface area (Å²) in [6.45, 7) is 6.64. The van der Waals surface area contributed by atoms with Crippen molar-refractivity contribution in [1.29, 1.82) is 0 Å². The third kappa shape index (κ3) is 4.66. The predicted octanol–water partition coefficient (Wildman–Crippen LogP) is 4.33. The minimum atomic E-state index is -0.155. The van der Waals surface area contributed by atoms with Gasteiger partial charge in [0.15, 0.2) is 0 Å². The van der Waals surface area contributed by atoms with Gasteiger partial charge in [-0.05, 0) is 44.4 Å². The summed E-state index contributed by atoms with van der Waals surface area (Å²) >= 11 is 0. The molecule has 0 bridgehead atoms. The maximum atomic E-state index is 13.0. The number of hydrogen-bond donors (Lipinski definition) is 1. The highest BCUT2D eigenvalue weighted by Crippen LogP contribution is 2.29. The minimum Gasteiger partial charge on any atom is -0.339 e. The van der Waals surface area contributed by atoms with Crippen molar-refractivity contribution < 1.29 is 14.1 Å². The van der Waals surface area contributed by atoms with Crippen LogP contribution in [0.3, 0.4) is 0 Å². The number of benzene rings is 2. The second-order valence-corrected chi connectivity index (χ2v) is 8.10. The number of carbonyl (C=O) groups is 2. The number of nitrogens with one attached hydrogen (secondary N) is 1. The van der Waals surface area contributed by atoms with E-state index in [1.807, 2.05) is 49.1 Å². The number of piperidine rings is 1. The fraction of sp³-hybridized carbons (Fsp3) is 0.333. The standard InChI is InChI=1S/C24H26N4O3/c1-15-4-7-18(8-5-15)22-26-23(31-27-22)19-10-12-28(13-11-19)24(30)20-9-6-16(2)21(14-20)25-17(3)29/h4-9,14,19H,10-13H2,1-3H3,(H,25,29). The van der Waals surface area contributed by atoms with Gasteiger partial charge in [-0.1, -0.05) is 41.1 Å². The molecule has 2 heterocycles. The van der Waals surface area contributed by atoms with Crippen molar-refractivity contribution in [2.75, 3.05) is 18.4 Å². The van der Waals surface area contributed by atoms with Crippen LogP contribution in [0.4, 0.5) is 5.69 Å². The van der Waals surface area contributed by atoms with Crippen molar-refractivity contribution in [2.45, 2.75) is 39.5 Å². The smallest absolute Gasteiger partial charge is 0.253 e. The molecule has 1 aliphatic heterocycles. The fourth-order valence-corrected chi connectivity index (χ4v) is 3.81. The zero-order chi connectivity index (χ0) is 22.0. The molecule has 7 nitrogen and oxygen atoms in total. The largest absolute Gasteiger partial charge is 0.339 e. The van der Waals surface area contributed by atoms with E-state index in [0.717, 1.165) is 24.0 Å². The molecule has 1 aliphatic rings. The third-order valence-electron chi connectivity index (χ3n) is 5.68. The summed E-state index contributed by atoms with van der Waals surface area (Å²) in [4.78, 5) is 30.8. The van der Waals surface area contributed by atoms with Gasteiger partial charge in [-0.25, -0.2) is 0 Å². The lowest BCUT2D eigenvalue weighted by Crippen LogP contribution is -2.38. The fourth-order valence-electron chi connectivity index (χ4n) is 3.81. The molecule has 2 aromatic carbocycles. The first-order valence-electron chi connectivity index (χ1n) is 10.5. The van der Waals surface area contributed by atoms with Gasteiger partial charge in [-0.15, -0.1) is 0 Å². The number of nitrogens with zero attached hydrogens (tertiary/aromatic N) is 3. The molecular weight excluding hydrogens is 392 g/mol. The van der Waals surface area contributed by atoms with Gasteiger partial charge in [0.25, 0.3) is 5.91 Å². The summed E-state index contributed by atoms with van der Waals surface area (Å²) in [6, 6.07) is 13.4. The van der Waals surface area contributed by atoms with Crippen LogP contribution in [0, 0.1) is 13.8 Å². The van der Waals surface area contributed by atoms with Crippen LogP contribution in [0.25, 0.3) is 11.4 Å². The number of anilines is 1. The molecular formula is C24H26N4O3. The average Bonchev–Trinajstić information content (AvgIpc) is 3.25. The molecule has 0 atom stereocenters. The molecule has 0 spiro atoms. The molecule has 7 heteroatoms. The average molecular weight is 418 g/mol. The quantitative estimate of drug-likeness (QED) is 0.681.